The maximum atomic E-state index is 9.31. The summed E-state index contributed by atoms with van der Waals surface area (Å²) in [6.45, 7) is 0.395. The predicted octanol–water partition coefficient (Wildman–Crippen LogP) is 4.65. The molecule has 0 spiro atoms. The van der Waals surface area contributed by atoms with Crippen LogP contribution in [0.4, 0.5) is 0 Å². The van der Waals surface area contributed by atoms with Crippen LogP contribution in [-0.4, -0.2) is 34.3 Å². The van der Waals surface area contributed by atoms with Gasteiger partial charge < -0.3 is 0 Å². The van der Waals surface area contributed by atoms with Gasteiger partial charge in [0.05, 0.1) is 45.4 Å². The third kappa shape index (κ3) is 4.06. The van der Waals surface area contributed by atoms with Crippen molar-refractivity contribution in [2.24, 2.45) is 0 Å². The summed E-state index contributed by atoms with van der Waals surface area (Å²) in [6, 6.07) is 16.8. The van der Waals surface area contributed by atoms with E-state index < -0.39 is 0 Å². The summed E-state index contributed by atoms with van der Waals surface area (Å²) in [5.41, 5.74) is 2.88. The number of benzene rings is 2. The van der Waals surface area contributed by atoms with E-state index >= 15 is 0 Å². The molecule has 0 fully saturated rings. The van der Waals surface area contributed by atoms with Crippen molar-refractivity contribution < 1.29 is 0 Å². The molecule has 0 radical (unpaired) electrons. The lowest BCUT2D eigenvalue weighted by atomic mass is 10.2. The van der Waals surface area contributed by atoms with Gasteiger partial charge in [0.25, 0.3) is 0 Å². The van der Waals surface area contributed by atoms with Gasteiger partial charge in [0.2, 0.25) is 0 Å². The molecule has 156 valence electrons. The third-order valence-electron chi connectivity index (χ3n) is 4.69. The van der Waals surface area contributed by atoms with E-state index in [2.05, 4.69) is 32.2 Å². The Kier molecular flexibility index (Phi) is 5.31. The van der Waals surface area contributed by atoms with Gasteiger partial charge in [-0.1, -0.05) is 23.7 Å². The molecule has 5 aromatic rings. The molecule has 32 heavy (non-hydrogen) atoms. The normalized spacial score (nSPS) is 10.9. The Bertz CT molecular complexity index is 1460. The fourth-order valence-electron chi connectivity index (χ4n) is 3.26. The number of rotatable bonds is 5. The highest BCUT2D eigenvalue weighted by Gasteiger charge is 2.17. The second-order valence-electron chi connectivity index (χ2n) is 6.94. The first-order valence-corrected chi connectivity index (χ1v) is 10.7. The van der Waals surface area contributed by atoms with Crippen molar-refractivity contribution in [1.82, 2.24) is 34.3 Å². The van der Waals surface area contributed by atoms with Crippen LogP contribution >= 0.6 is 27.5 Å². The van der Waals surface area contributed by atoms with Crippen LogP contribution in [0, 0.1) is 11.3 Å². The molecule has 0 saturated heterocycles. The predicted molar refractivity (Wildman–Crippen MR) is 123 cm³/mol. The van der Waals surface area contributed by atoms with Crippen molar-refractivity contribution >= 4 is 27.5 Å². The zero-order valence-electron chi connectivity index (χ0n) is 16.5. The molecule has 0 atom stereocenters. The van der Waals surface area contributed by atoms with Gasteiger partial charge in [0.15, 0.2) is 11.6 Å². The summed E-state index contributed by atoms with van der Waals surface area (Å²) in [6.07, 6.45) is 7.16. The lowest BCUT2D eigenvalue weighted by Gasteiger charge is -2.05. The summed E-state index contributed by atoms with van der Waals surface area (Å²) in [7, 11) is 0. The Hall–Kier alpha value is -3.74. The maximum absolute atomic E-state index is 9.31. The van der Waals surface area contributed by atoms with Crippen LogP contribution in [0.2, 0.25) is 5.02 Å². The number of nitrogens with zero attached hydrogens (tertiary/aromatic N) is 8. The Balaban J connectivity index is 1.59. The summed E-state index contributed by atoms with van der Waals surface area (Å²) >= 11 is 9.53. The minimum atomic E-state index is 0.395. The van der Waals surface area contributed by atoms with Crippen molar-refractivity contribution in [3.63, 3.8) is 0 Å². The molecular weight excluding hydrogens is 492 g/mol. The number of hydrogen-bond donors (Lipinski definition) is 0. The molecule has 3 heterocycles. The molecule has 0 amide bonds. The second kappa shape index (κ2) is 8.42. The van der Waals surface area contributed by atoms with Gasteiger partial charge in [0.1, 0.15) is 6.54 Å². The van der Waals surface area contributed by atoms with Gasteiger partial charge in [-0.15, -0.1) is 5.10 Å². The average Bonchev–Trinajstić information content (AvgIpc) is 3.54. The van der Waals surface area contributed by atoms with Crippen molar-refractivity contribution in [3.05, 3.63) is 94.2 Å². The molecule has 0 bridgehead atoms. The Morgan fingerprint density at radius 1 is 1.00 bits per heavy atom. The second-order valence-corrected chi connectivity index (χ2v) is 8.29. The van der Waals surface area contributed by atoms with Gasteiger partial charge in [-0.25, -0.2) is 14.3 Å². The monoisotopic (exact) mass is 504 g/mol. The van der Waals surface area contributed by atoms with E-state index in [1.807, 2.05) is 48.8 Å². The Labute approximate surface area is 196 Å². The molecule has 0 aliphatic heterocycles. The van der Waals surface area contributed by atoms with Crippen molar-refractivity contribution in [3.8, 4) is 28.8 Å². The zero-order valence-corrected chi connectivity index (χ0v) is 18.8. The first-order chi connectivity index (χ1) is 15.6. The highest BCUT2D eigenvalue weighted by Crippen LogP contribution is 2.24. The minimum absolute atomic E-state index is 0.395. The smallest absolute Gasteiger partial charge is 0.173 e. The van der Waals surface area contributed by atoms with Gasteiger partial charge in [-0.05, 0) is 52.3 Å². The first-order valence-electron chi connectivity index (χ1n) is 9.54. The van der Waals surface area contributed by atoms with E-state index in [1.165, 1.54) is 0 Å². The summed E-state index contributed by atoms with van der Waals surface area (Å²) in [4.78, 5) is 4.75. The van der Waals surface area contributed by atoms with Crippen LogP contribution in [-0.2, 0) is 6.54 Å². The number of nitriles is 1. The van der Waals surface area contributed by atoms with Gasteiger partial charge in [0, 0.05) is 17.4 Å². The van der Waals surface area contributed by atoms with Crippen LogP contribution in [0.1, 0.15) is 11.4 Å². The quantitative estimate of drug-likeness (QED) is 0.347. The fraction of sp³-hybridized carbons (Fsp3) is 0.0455. The minimum Gasteiger partial charge on any atom is -0.264 e. The molecule has 0 aliphatic rings. The first kappa shape index (κ1) is 20.2. The number of halogens is 2. The standard InChI is InChI=1S/C22H14BrClN8/c23-17-11-26-30(13-17)14-21-28-22(32(29-21)20-6-1-3-15(7-20)9-25)16-10-27-31(12-16)19-5-2-4-18(24)8-19/h1-8,10-13H,14H2. The topological polar surface area (TPSA) is 90.1 Å². The van der Waals surface area contributed by atoms with Crippen LogP contribution < -0.4 is 0 Å². The van der Waals surface area contributed by atoms with Gasteiger partial charge >= 0.3 is 0 Å². The highest BCUT2D eigenvalue weighted by atomic mass is 79.9. The van der Waals surface area contributed by atoms with Crippen LogP contribution in [0.5, 0.6) is 0 Å². The van der Waals surface area contributed by atoms with E-state index in [0.29, 0.717) is 28.8 Å². The molecule has 0 saturated carbocycles. The third-order valence-corrected chi connectivity index (χ3v) is 5.33. The SMILES string of the molecule is N#Cc1cccc(-n2nc(Cn3cc(Br)cn3)nc2-c2cnn(-c3cccc(Cl)c3)c2)c1. The number of hydrogen-bond acceptors (Lipinski definition) is 5. The highest BCUT2D eigenvalue weighted by molar-refractivity contribution is 9.10. The lowest BCUT2D eigenvalue weighted by Crippen LogP contribution is -2.03. The molecule has 5 rings (SSSR count). The molecule has 10 heteroatoms. The summed E-state index contributed by atoms with van der Waals surface area (Å²) < 4.78 is 6.07. The molecule has 0 unspecified atom stereocenters. The molecule has 8 nitrogen and oxygen atoms in total. The van der Waals surface area contributed by atoms with Crippen LogP contribution in [0.25, 0.3) is 22.8 Å². The van der Waals surface area contributed by atoms with E-state index in [1.54, 1.807) is 38.6 Å². The van der Waals surface area contributed by atoms with E-state index in [0.717, 1.165) is 21.4 Å². The van der Waals surface area contributed by atoms with Crippen molar-refractivity contribution in [1.29, 1.82) is 5.26 Å². The zero-order chi connectivity index (χ0) is 22.1. The Morgan fingerprint density at radius 3 is 2.62 bits per heavy atom. The molecule has 0 aliphatic carbocycles. The fourth-order valence-corrected chi connectivity index (χ4v) is 3.78. The summed E-state index contributed by atoms with van der Waals surface area (Å²) in [5.74, 6) is 1.18. The van der Waals surface area contributed by atoms with Crippen molar-refractivity contribution in [2.45, 2.75) is 6.54 Å². The van der Waals surface area contributed by atoms with Crippen LogP contribution in [0.3, 0.4) is 0 Å². The van der Waals surface area contributed by atoms with Gasteiger partial charge in [-0.2, -0.15) is 15.5 Å². The van der Waals surface area contributed by atoms with Crippen LogP contribution in [0.15, 0.2) is 77.8 Å². The van der Waals surface area contributed by atoms with Gasteiger partial charge in [-0.3, -0.25) is 4.68 Å². The van der Waals surface area contributed by atoms with Crippen molar-refractivity contribution in [2.75, 3.05) is 0 Å². The van der Waals surface area contributed by atoms with E-state index in [4.69, 9.17) is 21.7 Å². The average molecular weight is 506 g/mol. The molecule has 2 aromatic carbocycles. The Morgan fingerprint density at radius 2 is 1.84 bits per heavy atom. The van der Waals surface area contributed by atoms with E-state index in [9.17, 15) is 5.26 Å². The lowest BCUT2D eigenvalue weighted by molar-refractivity contribution is 0.651. The molecular formula is C22H14BrClN8. The number of aromatic nitrogens is 7. The molecule has 3 aromatic heterocycles. The summed E-state index contributed by atoms with van der Waals surface area (Å²) in [5, 5.41) is 23.4. The maximum Gasteiger partial charge on any atom is 0.173 e. The molecule has 0 N–H and O–H groups in total. The van der Waals surface area contributed by atoms with E-state index in [-0.39, 0.29) is 0 Å². The largest absolute Gasteiger partial charge is 0.264 e.